The summed E-state index contributed by atoms with van der Waals surface area (Å²) in [6, 6.07) is 2.43. The van der Waals surface area contributed by atoms with Crippen molar-refractivity contribution < 1.29 is 27.1 Å². The highest BCUT2D eigenvalue weighted by Gasteiger charge is 2.34. The molecule has 1 unspecified atom stereocenters. The van der Waals surface area contributed by atoms with Gasteiger partial charge in [0.2, 0.25) is 0 Å². The number of rotatable bonds is 2. The molecule has 112 valence electrons. The SMILES string of the molecule is CC(C(=O)OC(C)(C)C)c1ccc(C(F)(F)F)c(F)c1. The summed E-state index contributed by atoms with van der Waals surface area (Å²) in [5.41, 5.74) is -1.92. The lowest BCUT2D eigenvalue weighted by Gasteiger charge is -2.22. The Morgan fingerprint density at radius 3 is 2.15 bits per heavy atom. The number of hydrogen-bond acceptors (Lipinski definition) is 2. The Bertz CT molecular complexity index is 501. The van der Waals surface area contributed by atoms with Crippen molar-refractivity contribution in [1.82, 2.24) is 0 Å². The number of hydrogen-bond donors (Lipinski definition) is 0. The van der Waals surface area contributed by atoms with E-state index in [1.54, 1.807) is 20.8 Å². The van der Waals surface area contributed by atoms with Crippen LogP contribution in [0.1, 0.15) is 44.7 Å². The monoisotopic (exact) mass is 292 g/mol. The van der Waals surface area contributed by atoms with Crippen LogP contribution in [0, 0.1) is 5.82 Å². The van der Waals surface area contributed by atoms with Crippen LogP contribution in [0.25, 0.3) is 0 Å². The largest absolute Gasteiger partial charge is 0.460 e. The van der Waals surface area contributed by atoms with Gasteiger partial charge in [0.1, 0.15) is 11.4 Å². The zero-order valence-corrected chi connectivity index (χ0v) is 11.6. The molecule has 1 rings (SSSR count). The van der Waals surface area contributed by atoms with Crippen LogP contribution in [-0.4, -0.2) is 11.6 Å². The Balaban J connectivity index is 2.99. The van der Waals surface area contributed by atoms with Crippen molar-refractivity contribution in [2.24, 2.45) is 0 Å². The summed E-state index contributed by atoms with van der Waals surface area (Å²) >= 11 is 0. The van der Waals surface area contributed by atoms with Crippen molar-refractivity contribution in [2.75, 3.05) is 0 Å². The lowest BCUT2D eigenvalue weighted by molar-refractivity contribution is -0.156. The number of benzene rings is 1. The Morgan fingerprint density at radius 1 is 1.20 bits per heavy atom. The molecule has 2 nitrogen and oxygen atoms in total. The van der Waals surface area contributed by atoms with Gasteiger partial charge < -0.3 is 4.74 Å². The zero-order valence-electron chi connectivity index (χ0n) is 11.6. The average molecular weight is 292 g/mol. The zero-order chi connectivity index (χ0) is 15.7. The normalized spacial score (nSPS) is 14.0. The van der Waals surface area contributed by atoms with Crippen LogP contribution in [0.15, 0.2) is 18.2 Å². The van der Waals surface area contributed by atoms with Crippen LogP contribution < -0.4 is 0 Å². The summed E-state index contributed by atoms with van der Waals surface area (Å²) in [7, 11) is 0. The molecule has 0 heterocycles. The first-order valence-corrected chi connectivity index (χ1v) is 6.01. The molecular weight excluding hydrogens is 276 g/mol. The van der Waals surface area contributed by atoms with Gasteiger partial charge in [0.15, 0.2) is 0 Å². The molecule has 0 aromatic heterocycles. The van der Waals surface area contributed by atoms with Gasteiger partial charge in [-0.25, -0.2) is 4.39 Å². The van der Waals surface area contributed by atoms with Gasteiger partial charge in [0.05, 0.1) is 11.5 Å². The summed E-state index contributed by atoms with van der Waals surface area (Å²) in [4.78, 5) is 11.8. The number of esters is 1. The van der Waals surface area contributed by atoms with E-state index in [0.717, 1.165) is 12.1 Å². The molecule has 0 bridgehead atoms. The third kappa shape index (κ3) is 4.21. The van der Waals surface area contributed by atoms with Crippen LogP contribution >= 0.6 is 0 Å². The smallest absolute Gasteiger partial charge is 0.419 e. The third-order valence-corrected chi connectivity index (χ3v) is 2.56. The van der Waals surface area contributed by atoms with Crippen LogP contribution in [-0.2, 0) is 15.7 Å². The van der Waals surface area contributed by atoms with E-state index in [2.05, 4.69) is 0 Å². The van der Waals surface area contributed by atoms with E-state index in [9.17, 15) is 22.4 Å². The van der Waals surface area contributed by atoms with E-state index in [1.165, 1.54) is 6.92 Å². The van der Waals surface area contributed by atoms with Gasteiger partial charge in [0.25, 0.3) is 0 Å². The molecule has 1 aromatic rings. The molecule has 0 saturated carbocycles. The van der Waals surface area contributed by atoms with E-state index in [4.69, 9.17) is 4.74 Å². The summed E-state index contributed by atoms with van der Waals surface area (Å²) in [6.07, 6.45) is -4.75. The van der Waals surface area contributed by atoms with E-state index in [1.807, 2.05) is 0 Å². The molecule has 1 aromatic carbocycles. The topological polar surface area (TPSA) is 26.3 Å². The van der Waals surface area contributed by atoms with Crippen molar-refractivity contribution in [2.45, 2.75) is 45.4 Å². The van der Waals surface area contributed by atoms with E-state index in [-0.39, 0.29) is 5.56 Å². The predicted octanol–water partition coefficient (Wildman–Crippen LogP) is 4.29. The fourth-order valence-corrected chi connectivity index (χ4v) is 1.56. The second-order valence-corrected chi connectivity index (χ2v) is 5.49. The number of ether oxygens (including phenoxy) is 1. The fraction of sp³-hybridized carbons (Fsp3) is 0.500. The number of carbonyl (C=O) groups excluding carboxylic acids is 1. The molecule has 0 aliphatic carbocycles. The standard InChI is InChI=1S/C14H16F4O2/c1-8(12(19)20-13(2,3)4)9-5-6-10(11(15)7-9)14(16,17)18/h5-8H,1-4H3. The summed E-state index contributed by atoms with van der Waals surface area (Å²) in [5, 5.41) is 0. The molecular formula is C14H16F4O2. The second kappa shape index (κ2) is 5.42. The van der Waals surface area contributed by atoms with Crippen molar-refractivity contribution in [3.8, 4) is 0 Å². The van der Waals surface area contributed by atoms with Gasteiger partial charge >= 0.3 is 12.1 Å². The predicted molar refractivity (Wildman–Crippen MR) is 65.7 cm³/mol. The number of carbonyl (C=O) groups is 1. The molecule has 0 aliphatic heterocycles. The lowest BCUT2D eigenvalue weighted by Crippen LogP contribution is -2.27. The Morgan fingerprint density at radius 2 is 1.75 bits per heavy atom. The first-order chi connectivity index (χ1) is 8.92. The molecule has 0 saturated heterocycles. The van der Waals surface area contributed by atoms with Gasteiger partial charge in [-0.15, -0.1) is 0 Å². The summed E-state index contributed by atoms with van der Waals surface area (Å²) in [6.45, 7) is 6.47. The molecule has 6 heteroatoms. The molecule has 0 radical (unpaired) electrons. The van der Waals surface area contributed by atoms with E-state index < -0.39 is 35.0 Å². The second-order valence-electron chi connectivity index (χ2n) is 5.49. The Labute approximate surface area is 114 Å². The maximum Gasteiger partial charge on any atom is 0.419 e. The number of alkyl halides is 3. The molecule has 0 spiro atoms. The molecule has 0 N–H and O–H groups in total. The summed E-state index contributed by atoms with van der Waals surface area (Å²) in [5.74, 6) is -2.85. The average Bonchev–Trinajstić information content (AvgIpc) is 2.23. The minimum Gasteiger partial charge on any atom is -0.460 e. The van der Waals surface area contributed by atoms with Gasteiger partial charge in [-0.3, -0.25) is 4.79 Å². The van der Waals surface area contributed by atoms with Crippen molar-refractivity contribution in [3.05, 3.63) is 35.1 Å². The first-order valence-electron chi connectivity index (χ1n) is 6.01. The molecule has 1 atom stereocenters. The summed E-state index contributed by atoms with van der Waals surface area (Å²) < 4.78 is 55.8. The van der Waals surface area contributed by atoms with Gasteiger partial charge in [-0.2, -0.15) is 13.2 Å². The van der Waals surface area contributed by atoms with E-state index >= 15 is 0 Å². The van der Waals surface area contributed by atoms with Crippen LogP contribution in [0.2, 0.25) is 0 Å². The minimum absolute atomic E-state index is 0.143. The van der Waals surface area contributed by atoms with Crippen molar-refractivity contribution >= 4 is 5.97 Å². The highest BCUT2D eigenvalue weighted by molar-refractivity contribution is 5.78. The molecule has 0 amide bonds. The van der Waals surface area contributed by atoms with Crippen molar-refractivity contribution in [1.29, 1.82) is 0 Å². The minimum atomic E-state index is -4.75. The Hall–Kier alpha value is -1.59. The molecule has 0 aliphatic rings. The highest BCUT2D eigenvalue weighted by atomic mass is 19.4. The third-order valence-electron chi connectivity index (χ3n) is 2.56. The van der Waals surface area contributed by atoms with Crippen LogP contribution in [0.5, 0.6) is 0 Å². The number of halogens is 4. The van der Waals surface area contributed by atoms with Gasteiger partial charge in [-0.1, -0.05) is 6.07 Å². The lowest BCUT2D eigenvalue weighted by atomic mass is 9.99. The highest BCUT2D eigenvalue weighted by Crippen LogP contribution is 2.33. The fourth-order valence-electron chi connectivity index (χ4n) is 1.56. The quantitative estimate of drug-likeness (QED) is 0.600. The molecule has 0 fully saturated rings. The van der Waals surface area contributed by atoms with Crippen LogP contribution in [0.3, 0.4) is 0 Å². The maximum atomic E-state index is 13.4. The van der Waals surface area contributed by atoms with Crippen LogP contribution in [0.4, 0.5) is 17.6 Å². The molecule has 20 heavy (non-hydrogen) atoms. The maximum absolute atomic E-state index is 13.4. The van der Waals surface area contributed by atoms with Gasteiger partial charge in [-0.05, 0) is 45.4 Å². The van der Waals surface area contributed by atoms with Crippen molar-refractivity contribution in [3.63, 3.8) is 0 Å². The van der Waals surface area contributed by atoms with Gasteiger partial charge in [0, 0.05) is 0 Å². The Kier molecular flexibility index (Phi) is 4.46. The first kappa shape index (κ1) is 16.5. The van der Waals surface area contributed by atoms with E-state index in [0.29, 0.717) is 6.07 Å².